The van der Waals surface area contributed by atoms with Crippen LogP contribution in [0.25, 0.3) is 0 Å². The number of hydrogen-bond acceptors (Lipinski definition) is 4. The Kier molecular flexibility index (Phi) is 4.56. The van der Waals surface area contributed by atoms with E-state index in [-0.39, 0.29) is 24.7 Å². The van der Waals surface area contributed by atoms with Crippen LogP contribution in [0.3, 0.4) is 0 Å². The first-order chi connectivity index (χ1) is 11.8. The third-order valence-electron chi connectivity index (χ3n) is 4.25. The molecule has 0 atom stereocenters. The molecular formula is C15H16F2N4O3S. The summed E-state index contributed by atoms with van der Waals surface area (Å²) in [5, 5.41) is 6.54. The summed E-state index contributed by atoms with van der Waals surface area (Å²) < 4.78 is 53.3. The van der Waals surface area contributed by atoms with Crippen molar-refractivity contribution in [2.45, 2.75) is 23.7 Å². The molecule has 1 fully saturated rings. The number of benzene rings is 1. The molecule has 3 rings (SSSR count). The highest BCUT2D eigenvalue weighted by atomic mass is 32.2. The lowest BCUT2D eigenvalue weighted by Crippen LogP contribution is -2.38. The van der Waals surface area contributed by atoms with Gasteiger partial charge >= 0.3 is 0 Å². The minimum atomic E-state index is -4.11. The van der Waals surface area contributed by atoms with E-state index in [1.807, 2.05) is 0 Å². The van der Waals surface area contributed by atoms with Gasteiger partial charge in [0.05, 0.1) is 0 Å². The summed E-state index contributed by atoms with van der Waals surface area (Å²) in [6.07, 6.45) is 0.910. The number of primary amides is 1. The summed E-state index contributed by atoms with van der Waals surface area (Å²) in [5.74, 6) is -2.47. The van der Waals surface area contributed by atoms with Crippen molar-refractivity contribution in [3.63, 3.8) is 0 Å². The van der Waals surface area contributed by atoms with Gasteiger partial charge in [0, 0.05) is 24.7 Å². The second kappa shape index (κ2) is 6.52. The second-order valence-corrected chi connectivity index (χ2v) is 7.73. The van der Waals surface area contributed by atoms with E-state index in [9.17, 15) is 22.0 Å². The fourth-order valence-corrected chi connectivity index (χ4v) is 4.44. The lowest BCUT2D eigenvalue weighted by molar-refractivity contribution is 0.0995. The van der Waals surface area contributed by atoms with Crippen molar-refractivity contribution in [1.82, 2.24) is 14.5 Å². The van der Waals surface area contributed by atoms with E-state index in [4.69, 9.17) is 5.73 Å². The van der Waals surface area contributed by atoms with Crippen LogP contribution in [-0.2, 0) is 10.0 Å². The van der Waals surface area contributed by atoms with Crippen LogP contribution in [0.5, 0.6) is 0 Å². The van der Waals surface area contributed by atoms with Crippen LogP contribution in [0.1, 0.15) is 34.9 Å². The van der Waals surface area contributed by atoms with Crippen LogP contribution in [0.15, 0.2) is 29.2 Å². The summed E-state index contributed by atoms with van der Waals surface area (Å²) in [7, 11) is -4.11. The van der Waals surface area contributed by atoms with E-state index in [1.54, 1.807) is 6.07 Å². The van der Waals surface area contributed by atoms with E-state index in [1.165, 1.54) is 0 Å². The number of nitrogens with zero attached hydrogens (tertiary/aromatic N) is 2. The Morgan fingerprint density at radius 2 is 1.92 bits per heavy atom. The van der Waals surface area contributed by atoms with Crippen LogP contribution >= 0.6 is 0 Å². The normalized spacial score (nSPS) is 16.9. The van der Waals surface area contributed by atoms with Gasteiger partial charge in [0.15, 0.2) is 0 Å². The number of carbonyl (C=O) groups excluding carboxylic acids is 1. The van der Waals surface area contributed by atoms with Crippen molar-refractivity contribution in [1.29, 1.82) is 0 Å². The number of H-pyrrole nitrogens is 1. The molecule has 2 heterocycles. The minimum absolute atomic E-state index is 0.0237. The molecule has 7 nitrogen and oxygen atoms in total. The van der Waals surface area contributed by atoms with Gasteiger partial charge in [0.1, 0.15) is 22.2 Å². The predicted molar refractivity (Wildman–Crippen MR) is 84.2 cm³/mol. The number of halogens is 2. The van der Waals surface area contributed by atoms with Gasteiger partial charge in [0.25, 0.3) is 5.91 Å². The molecule has 1 aromatic heterocycles. The largest absolute Gasteiger partial charge is 0.364 e. The maximum atomic E-state index is 13.8. The zero-order valence-electron chi connectivity index (χ0n) is 13.1. The molecule has 0 saturated carbocycles. The molecule has 2 aromatic rings. The summed E-state index contributed by atoms with van der Waals surface area (Å²) in [6.45, 7) is 0.293. The number of rotatable bonds is 4. The first kappa shape index (κ1) is 17.5. The molecule has 1 amide bonds. The molecule has 25 heavy (non-hydrogen) atoms. The SMILES string of the molecule is NC(=O)c1cc(C2CCN(S(=O)(=O)c3cc(F)ccc3F)CC2)[nH]n1. The molecule has 0 radical (unpaired) electrons. The number of hydrogen-bond donors (Lipinski definition) is 2. The number of aromatic nitrogens is 2. The molecule has 1 aromatic carbocycles. The highest BCUT2D eigenvalue weighted by Gasteiger charge is 2.32. The molecule has 10 heteroatoms. The van der Waals surface area contributed by atoms with Gasteiger partial charge in [-0.05, 0) is 37.1 Å². The van der Waals surface area contributed by atoms with Gasteiger partial charge in [-0.2, -0.15) is 9.40 Å². The lowest BCUT2D eigenvalue weighted by Gasteiger charge is -2.30. The molecule has 1 saturated heterocycles. The topological polar surface area (TPSA) is 109 Å². The number of nitrogens with two attached hydrogens (primary N) is 1. The lowest BCUT2D eigenvalue weighted by atomic mass is 9.94. The number of nitrogens with one attached hydrogen (secondary N) is 1. The van der Waals surface area contributed by atoms with Crippen molar-refractivity contribution in [3.8, 4) is 0 Å². The fraction of sp³-hybridized carbons (Fsp3) is 0.333. The Bertz CT molecular complexity index is 905. The van der Waals surface area contributed by atoms with E-state index < -0.39 is 32.5 Å². The maximum absolute atomic E-state index is 13.8. The fourth-order valence-electron chi connectivity index (χ4n) is 2.89. The Hall–Kier alpha value is -2.33. The van der Waals surface area contributed by atoms with E-state index >= 15 is 0 Å². The van der Waals surface area contributed by atoms with Gasteiger partial charge in [-0.1, -0.05) is 0 Å². The van der Waals surface area contributed by atoms with Gasteiger partial charge < -0.3 is 5.73 Å². The number of amides is 1. The smallest absolute Gasteiger partial charge is 0.269 e. The highest BCUT2D eigenvalue weighted by Crippen LogP contribution is 2.30. The average molecular weight is 370 g/mol. The van der Waals surface area contributed by atoms with Crippen molar-refractivity contribution in [3.05, 3.63) is 47.3 Å². The number of sulfonamides is 1. The summed E-state index contributed by atoms with van der Waals surface area (Å²) >= 11 is 0. The standard InChI is InChI=1S/C15H16F2N4O3S/c16-10-1-2-11(17)14(7-10)25(23,24)21-5-3-9(4-6-21)12-8-13(15(18)22)20-19-12/h1-2,7-9H,3-6H2,(H2,18,22)(H,19,20). The molecule has 0 bridgehead atoms. The van der Waals surface area contributed by atoms with Crippen molar-refractivity contribution >= 4 is 15.9 Å². The Morgan fingerprint density at radius 3 is 2.52 bits per heavy atom. The molecule has 1 aliphatic rings. The monoisotopic (exact) mass is 370 g/mol. The van der Waals surface area contributed by atoms with Crippen LogP contribution in [-0.4, -0.2) is 41.9 Å². The van der Waals surface area contributed by atoms with Crippen molar-refractivity contribution in [2.24, 2.45) is 5.73 Å². The van der Waals surface area contributed by atoms with Crippen LogP contribution in [0.4, 0.5) is 8.78 Å². The molecule has 3 N–H and O–H groups in total. The number of carbonyl (C=O) groups is 1. The highest BCUT2D eigenvalue weighted by molar-refractivity contribution is 7.89. The number of aromatic amines is 1. The summed E-state index contributed by atoms with van der Waals surface area (Å²) in [4.78, 5) is 10.4. The van der Waals surface area contributed by atoms with Crippen LogP contribution in [0, 0.1) is 11.6 Å². The van der Waals surface area contributed by atoms with Gasteiger partial charge in [-0.25, -0.2) is 17.2 Å². The molecular weight excluding hydrogens is 354 g/mol. The Morgan fingerprint density at radius 1 is 1.24 bits per heavy atom. The quantitative estimate of drug-likeness (QED) is 0.847. The Labute approximate surface area is 142 Å². The molecule has 0 spiro atoms. The van der Waals surface area contributed by atoms with E-state index in [2.05, 4.69) is 10.2 Å². The number of piperidine rings is 1. The third kappa shape index (κ3) is 3.40. The Balaban J connectivity index is 1.75. The zero-order chi connectivity index (χ0) is 18.2. The third-order valence-corrected chi connectivity index (χ3v) is 6.17. The van der Waals surface area contributed by atoms with Crippen LogP contribution in [0.2, 0.25) is 0 Å². The minimum Gasteiger partial charge on any atom is -0.364 e. The maximum Gasteiger partial charge on any atom is 0.269 e. The van der Waals surface area contributed by atoms with Crippen molar-refractivity contribution in [2.75, 3.05) is 13.1 Å². The van der Waals surface area contributed by atoms with Gasteiger partial charge in [-0.3, -0.25) is 9.89 Å². The average Bonchev–Trinajstić information content (AvgIpc) is 3.07. The first-order valence-electron chi connectivity index (χ1n) is 7.59. The molecule has 134 valence electrons. The molecule has 0 unspecified atom stereocenters. The van der Waals surface area contributed by atoms with E-state index in [0.717, 1.165) is 16.4 Å². The summed E-state index contributed by atoms with van der Waals surface area (Å²) in [5.41, 5.74) is 5.97. The van der Waals surface area contributed by atoms with Gasteiger partial charge in [0.2, 0.25) is 10.0 Å². The van der Waals surface area contributed by atoms with Crippen molar-refractivity contribution < 1.29 is 22.0 Å². The molecule has 0 aliphatic carbocycles. The van der Waals surface area contributed by atoms with Gasteiger partial charge in [-0.15, -0.1) is 0 Å². The predicted octanol–water partition coefficient (Wildman–Crippen LogP) is 1.36. The zero-order valence-corrected chi connectivity index (χ0v) is 13.9. The molecule has 1 aliphatic heterocycles. The second-order valence-electron chi connectivity index (χ2n) is 5.83. The van der Waals surface area contributed by atoms with Crippen LogP contribution < -0.4 is 5.73 Å². The van der Waals surface area contributed by atoms with E-state index in [0.29, 0.717) is 24.6 Å². The first-order valence-corrected chi connectivity index (χ1v) is 9.03. The summed E-state index contributed by atoms with van der Waals surface area (Å²) in [6, 6.07) is 3.90.